The fourth-order valence-electron chi connectivity index (χ4n) is 2.97. The number of nitrogens with two attached hydrogens (primary N) is 1. The summed E-state index contributed by atoms with van der Waals surface area (Å²) in [5.41, 5.74) is 3.63. The van der Waals surface area contributed by atoms with Crippen LogP contribution < -0.4 is 5.14 Å². The van der Waals surface area contributed by atoms with Crippen LogP contribution in [0, 0.1) is 5.82 Å². The van der Waals surface area contributed by atoms with E-state index >= 15 is 0 Å². The zero-order valence-corrected chi connectivity index (χ0v) is 16.1. The third-order valence-corrected chi connectivity index (χ3v) is 5.40. The first-order valence-corrected chi connectivity index (χ1v) is 9.99. The van der Waals surface area contributed by atoms with Gasteiger partial charge in [0, 0.05) is 5.56 Å². The van der Waals surface area contributed by atoms with Crippen LogP contribution in [0.5, 0.6) is 0 Å². The highest BCUT2D eigenvalue weighted by atomic mass is 35.5. The lowest BCUT2D eigenvalue weighted by molar-refractivity contribution is 0.625. The van der Waals surface area contributed by atoms with Crippen LogP contribution in [0.3, 0.4) is 0 Å². The molecule has 1 aromatic heterocycles. The standard InChI is InChI=1S/C21H15ClFN3OS/c22-16-6-3-4-13(21(16)23)9-11-20-25-17-10-8-14(12-18(17)26-20)15-5-1-2-7-19(15)28(24)27/h1-12H,24H2,(H,25,26)/b11-9+. The zero-order valence-electron chi connectivity index (χ0n) is 14.5. The Balaban J connectivity index is 1.70. The Morgan fingerprint density at radius 1 is 1.07 bits per heavy atom. The monoisotopic (exact) mass is 411 g/mol. The van der Waals surface area contributed by atoms with Crippen LogP contribution in [0.25, 0.3) is 34.3 Å². The predicted molar refractivity (Wildman–Crippen MR) is 112 cm³/mol. The van der Waals surface area contributed by atoms with Crippen LogP contribution >= 0.6 is 11.6 Å². The molecule has 0 radical (unpaired) electrons. The minimum absolute atomic E-state index is 0.0763. The second-order valence-corrected chi connectivity index (χ2v) is 7.57. The molecule has 28 heavy (non-hydrogen) atoms. The molecule has 4 rings (SSSR count). The highest BCUT2D eigenvalue weighted by molar-refractivity contribution is 7.82. The molecule has 4 aromatic rings. The fraction of sp³-hybridized carbons (Fsp3) is 0. The maximum Gasteiger partial charge on any atom is 0.148 e. The number of fused-ring (bicyclic) bond motifs is 1. The van der Waals surface area contributed by atoms with Gasteiger partial charge in [0.2, 0.25) is 0 Å². The van der Waals surface area contributed by atoms with E-state index in [9.17, 15) is 8.60 Å². The van der Waals surface area contributed by atoms with Gasteiger partial charge in [-0.3, -0.25) is 0 Å². The molecule has 140 valence electrons. The number of aromatic amines is 1. The van der Waals surface area contributed by atoms with E-state index in [0.717, 1.165) is 22.2 Å². The van der Waals surface area contributed by atoms with E-state index < -0.39 is 16.8 Å². The molecule has 0 aliphatic rings. The first-order chi connectivity index (χ1) is 13.5. The molecule has 0 aliphatic heterocycles. The van der Waals surface area contributed by atoms with Gasteiger partial charge in [-0.05, 0) is 47.5 Å². The van der Waals surface area contributed by atoms with Gasteiger partial charge in [0.1, 0.15) is 22.6 Å². The van der Waals surface area contributed by atoms with Crippen LogP contribution in [0.4, 0.5) is 4.39 Å². The summed E-state index contributed by atoms with van der Waals surface area (Å²) in [4.78, 5) is 8.26. The summed E-state index contributed by atoms with van der Waals surface area (Å²) < 4.78 is 25.8. The topological polar surface area (TPSA) is 71.8 Å². The van der Waals surface area contributed by atoms with Gasteiger partial charge in [0.05, 0.1) is 21.0 Å². The lowest BCUT2D eigenvalue weighted by Gasteiger charge is -2.06. The Labute approximate surface area is 168 Å². The van der Waals surface area contributed by atoms with Gasteiger partial charge in [-0.1, -0.05) is 48.0 Å². The van der Waals surface area contributed by atoms with E-state index in [0.29, 0.717) is 16.3 Å². The Morgan fingerprint density at radius 2 is 1.89 bits per heavy atom. The SMILES string of the molecule is NS(=O)c1ccccc1-c1ccc2nc(/C=C/c3cccc(Cl)c3F)[nH]c2c1. The smallest absolute Gasteiger partial charge is 0.148 e. The van der Waals surface area contributed by atoms with Crippen LogP contribution in [0.15, 0.2) is 65.6 Å². The highest BCUT2D eigenvalue weighted by Crippen LogP contribution is 2.28. The van der Waals surface area contributed by atoms with Crippen LogP contribution in [0.2, 0.25) is 5.02 Å². The first-order valence-electron chi connectivity index (χ1n) is 8.40. The number of H-pyrrole nitrogens is 1. The van der Waals surface area contributed by atoms with Crippen molar-refractivity contribution in [3.63, 3.8) is 0 Å². The molecule has 4 nitrogen and oxygen atoms in total. The molecule has 1 heterocycles. The summed E-state index contributed by atoms with van der Waals surface area (Å²) in [7, 11) is -1.58. The van der Waals surface area contributed by atoms with Gasteiger partial charge in [-0.2, -0.15) is 0 Å². The number of hydrogen-bond acceptors (Lipinski definition) is 2. The van der Waals surface area contributed by atoms with E-state index in [1.54, 1.807) is 36.4 Å². The number of aromatic nitrogens is 2. The molecular formula is C21H15ClFN3OS. The normalized spacial score (nSPS) is 12.7. The quantitative estimate of drug-likeness (QED) is 0.486. The second-order valence-electron chi connectivity index (χ2n) is 6.12. The molecule has 3 N–H and O–H groups in total. The van der Waals surface area contributed by atoms with Gasteiger partial charge in [0.15, 0.2) is 0 Å². The van der Waals surface area contributed by atoms with Crippen molar-refractivity contribution in [1.82, 2.24) is 9.97 Å². The maximum absolute atomic E-state index is 14.0. The molecule has 0 saturated carbocycles. The summed E-state index contributed by atoms with van der Waals surface area (Å²) in [6.45, 7) is 0. The van der Waals surface area contributed by atoms with Crippen molar-refractivity contribution in [3.8, 4) is 11.1 Å². The van der Waals surface area contributed by atoms with E-state index in [1.165, 1.54) is 6.07 Å². The molecule has 3 aromatic carbocycles. The molecule has 0 aliphatic carbocycles. The average Bonchev–Trinajstić information content (AvgIpc) is 3.11. The third kappa shape index (κ3) is 3.62. The number of nitrogens with zero attached hydrogens (tertiary/aromatic N) is 1. The van der Waals surface area contributed by atoms with Crippen molar-refractivity contribution in [3.05, 3.63) is 82.9 Å². The van der Waals surface area contributed by atoms with E-state index in [-0.39, 0.29) is 5.02 Å². The number of nitrogens with one attached hydrogen (secondary N) is 1. The van der Waals surface area contributed by atoms with Crippen LogP contribution in [-0.4, -0.2) is 14.2 Å². The predicted octanol–water partition coefficient (Wildman–Crippen LogP) is 5.17. The van der Waals surface area contributed by atoms with Gasteiger partial charge in [-0.25, -0.2) is 18.7 Å². The van der Waals surface area contributed by atoms with Crippen molar-refractivity contribution < 1.29 is 8.60 Å². The fourth-order valence-corrected chi connectivity index (χ4v) is 3.77. The van der Waals surface area contributed by atoms with Crippen molar-refractivity contribution in [2.45, 2.75) is 4.90 Å². The third-order valence-electron chi connectivity index (χ3n) is 4.32. The number of hydrogen-bond donors (Lipinski definition) is 2. The van der Waals surface area contributed by atoms with Crippen molar-refractivity contribution in [1.29, 1.82) is 0 Å². The molecule has 0 fully saturated rings. The maximum atomic E-state index is 14.0. The van der Waals surface area contributed by atoms with Gasteiger partial charge < -0.3 is 4.98 Å². The molecule has 0 saturated heterocycles. The van der Waals surface area contributed by atoms with Crippen LogP contribution in [-0.2, 0) is 11.0 Å². The summed E-state index contributed by atoms with van der Waals surface area (Å²) in [6.07, 6.45) is 3.31. The van der Waals surface area contributed by atoms with E-state index in [2.05, 4.69) is 9.97 Å². The Kier molecular flexibility index (Phi) is 5.09. The Hall–Kier alpha value is -2.80. The van der Waals surface area contributed by atoms with Gasteiger partial charge >= 0.3 is 0 Å². The minimum atomic E-state index is -1.58. The van der Waals surface area contributed by atoms with E-state index in [4.69, 9.17) is 16.7 Å². The van der Waals surface area contributed by atoms with Crippen molar-refractivity contribution >= 4 is 45.8 Å². The Bertz CT molecular complexity index is 1240. The number of rotatable bonds is 4. The first kappa shape index (κ1) is 18.6. The summed E-state index contributed by atoms with van der Waals surface area (Å²) in [5, 5.41) is 5.67. The molecular weight excluding hydrogens is 397 g/mol. The largest absolute Gasteiger partial charge is 0.338 e. The Morgan fingerprint density at radius 3 is 2.71 bits per heavy atom. The number of benzene rings is 3. The summed E-state index contributed by atoms with van der Waals surface area (Å²) >= 11 is 5.81. The molecule has 0 bridgehead atoms. The molecule has 0 spiro atoms. The van der Waals surface area contributed by atoms with E-state index in [1.807, 2.05) is 30.3 Å². The molecule has 1 atom stereocenters. The molecule has 0 amide bonds. The lowest BCUT2D eigenvalue weighted by atomic mass is 10.1. The van der Waals surface area contributed by atoms with Gasteiger partial charge in [0.25, 0.3) is 0 Å². The molecule has 1 unspecified atom stereocenters. The van der Waals surface area contributed by atoms with Gasteiger partial charge in [-0.15, -0.1) is 0 Å². The number of halogens is 2. The zero-order chi connectivity index (χ0) is 19.7. The average molecular weight is 412 g/mol. The second kappa shape index (κ2) is 7.67. The lowest BCUT2D eigenvalue weighted by Crippen LogP contribution is -2.04. The number of imidazole rings is 1. The molecule has 7 heteroatoms. The van der Waals surface area contributed by atoms with Crippen molar-refractivity contribution in [2.24, 2.45) is 5.14 Å². The van der Waals surface area contributed by atoms with Crippen LogP contribution in [0.1, 0.15) is 11.4 Å². The minimum Gasteiger partial charge on any atom is -0.338 e. The van der Waals surface area contributed by atoms with Crippen molar-refractivity contribution in [2.75, 3.05) is 0 Å². The highest BCUT2D eigenvalue weighted by Gasteiger charge is 2.10. The summed E-state index contributed by atoms with van der Waals surface area (Å²) in [5.74, 6) is 0.118. The summed E-state index contributed by atoms with van der Waals surface area (Å²) in [6, 6.07) is 17.8.